The van der Waals surface area contributed by atoms with E-state index in [1.54, 1.807) is 13.2 Å². The van der Waals surface area contributed by atoms with Crippen LogP contribution in [0.2, 0.25) is 5.02 Å². The van der Waals surface area contributed by atoms with Crippen molar-refractivity contribution < 1.29 is 19.1 Å². The number of nitrogens with zero attached hydrogens (tertiary/aromatic N) is 2. The number of nitrogens with one attached hydrogen (secondary N) is 1. The summed E-state index contributed by atoms with van der Waals surface area (Å²) in [6.45, 7) is 1.67. The van der Waals surface area contributed by atoms with Gasteiger partial charge < -0.3 is 15.0 Å². The summed E-state index contributed by atoms with van der Waals surface area (Å²) in [4.78, 5) is 42.7. The maximum atomic E-state index is 13.7. The predicted octanol–water partition coefficient (Wildman–Crippen LogP) is 3.41. The number of amides is 4. The molecule has 33 heavy (non-hydrogen) atoms. The third kappa shape index (κ3) is 4.80. The van der Waals surface area contributed by atoms with Gasteiger partial charge in [0.25, 0.3) is 5.91 Å². The summed E-state index contributed by atoms with van der Waals surface area (Å²) in [6.07, 6.45) is 8.52. The van der Waals surface area contributed by atoms with Gasteiger partial charge in [-0.25, -0.2) is 4.79 Å². The van der Waals surface area contributed by atoms with Gasteiger partial charge in [-0.05, 0) is 49.7 Å². The molecule has 2 aliphatic heterocycles. The lowest BCUT2D eigenvalue weighted by molar-refractivity contribution is -0.139. The van der Waals surface area contributed by atoms with Crippen LogP contribution >= 0.6 is 11.6 Å². The lowest BCUT2D eigenvalue weighted by Crippen LogP contribution is -2.58. The second-order valence-corrected chi connectivity index (χ2v) is 9.61. The molecule has 178 valence electrons. The molecule has 1 aliphatic carbocycles. The van der Waals surface area contributed by atoms with Gasteiger partial charge in [-0.1, -0.05) is 42.0 Å². The lowest BCUT2D eigenvalue weighted by Gasteiger charge is -2.42. The van der Waals surface area contributed by atoms with E-state index in [1.165, 1.54) is 4.90 Å². The topological polar surface area (TPSA) is 79.0 Å². The van der Waals surface area contributed by atoms with Crippen molar-refractivity contribution in [2.75, 3.05) is 33.4 Å². The van der Waals surface area contributed by atoms with E-state index in [-0.39, 0.29) is 36.8 Å². The smallest absolute Gasteiger partial charge is 0.325 e. The molecule has 7 nitrogen and oxygen atoms in total. The number of carbonyl (C=O) groups excluding carboxylic acids is 3. The molecule has 3 aliphatic rings. The normalized spacial score (nSPS) is 26.1. The van der Waals surface area contributed by atoms with E-state index in [1.807, 2.05) is 23.1 Å². The molecular formula is C25H32ClN3O4. The highest BCUT2D eigenvalue weighted by Crippen LogP contribution is 2.38. The Labute approximate surface area is 200 Å². The van der Waals surface area contributed by atoms with E-state index in [9.17, 15) is 14.4 Å². The van der Waals surface area contributed by atoms with Crippen LogP contribution in [-0.2, 0) is 20.7 Å². The first-order valence-electron chi connectivity index (χ1n) is 11.8. The van der Waals surface area contributed by atoms with Gasteiger partial charge in [0.05, 0.1) is 13.2 Å². The van der Waals surface area contributed by atoms with Gasteiger partial charge in [0.15, 0.2) is 0 Å². The zero-order valence-electron chi connectivity index (χ0n) is 19.1. The maximum Gasteiger partial charge on any atom is 0.325 e. The molecule has 2 atom stereocenters. The van der Waals surface area contributed by atoms with Crippen LogP contribution in [0.4, 0.5) is 4.79 Å². The average molecular weight is 474 g/mol. The second kappa shape index (κ2) is 10.3. The van der Waals surface area contributed by atoms with Crippen molar-refractivity contribution in [3.63, 3.8) is 0 Å². The van der Waals surface area contributed by atoms with Crippen LogP contribution in [0.3, 0.4) is 0 Å². The van der Waals surface area contributed by atoms with E-state index in [0.717, 1.165) is 24.8 Å². The molecular weight excluding hydrogens is 442 g/mol. The minimum absolute atomic E-state index is 0.0565. The molecule has 0 radical (unpaired) electrons. The molecule has 4 rings (SSSR count). The summed E-state index contributed by atoms with van der Waals surface area (Å²) >= 11 is 6.44. The Morgan fingerprint density at radius 3 is 2.61 bits per heavy atom. The number of benzene rings is 1. The molecule has 0 aromatic heterocycles. The van der Waals surface area contributed by atoms with Gasteiger partial charge in [-0.2, -0.15) is 0 Å². The van der Waals surface area contributed by atoms with Gasteiger partial charge in [0, 0.05) is 37.6 Å². The Kier molecular flexibility index (Phi) is 7.39. The number of likely N-dealkylation sites (tertiary alicyclic amines) is 1. The first-order chi connectivity index (χ1) is 16.0. The number of urea groups is 1. The van der Waals surface area contributed by atoms with E-state index < -0.39 is 11.6 Å². The van der Waals surface area contributed by atoms with E-state index >= 15 is 0 Å². The van der Waals surface area contributed by atoms with Crippen molar-refractivity contribution >= 4 is 29.4 Å². The molecule has 2 unspecified atom stereocenters. The summed E-state index contributed by atoms with van der Waals surface area (Å²) in [6, 6.07) is 7.05. The molecule has 2 fully saturated rings. The first-order valence-corrected chi connectivity index (χ1v) is 12.1. The van der Waals surface area contributed by atoms with Gasteiger partial charge >= 0.3 is 6.03 Å². The zero-order valence-corrected chi connectivity index (χ0v) is 19.9. The summed E-state index contributed by atoms with van der Waals surface area (Å²) in [5, 5.41) is 3.62. The summed E-state index contributed by atoms with van der Waals surface area (Å²) in [5.41, 5.74) is -0.243. The molecule has 0 saturated carbocycles. The summed E-state index contributed by atoms with van der Waals surface area (Å²) in [7, 11) is 1.55. The van der Waals surface area contributed by atoms with Crippen LogP contribution in [0.15, 0.2) is 36.4 Å². The van der Waals surface area contributed by atoms with Crippen LogP contribution < -0.4 is 5.32 Å². The Hall–Kier alpha value is -2.38. The van der Waals surface area contributed by atoms with Crippen molar-refractivity contribution in [2.24, 2.45) is 11.8 Å². The van der Waals surface area contributed by atoms with E-state index in [2.05, 4.69) is 17.5 Å². The van der Waals surface area contributed by atoms with Crippen LogP contribution in [-0.4, -0.2) is 66.5 Å². The van der Waals surface area contributed by atoms with Crippen LogP contribution in [0.1, 0.15) is 37.7 Å². The Morgan fingerprint density at radius 2 is 1.94 bits per heavy atom. The monoisotopic (exact) mass is 473 g/mol. The fourth-order valence-corrected chi connectivity index (χ4v) is 5.58. The molecule has 1 N–H and O–H groups in total. The average Bonchev–Trinajstić information content (AvgIpc) is 3.09. The number of ether oxygens (including phenoxy) is 1. The molecule has 4 amide bonds. The molecule has 2 saturated heterocycles. The highest BCUT2D eigenvalue weighted by atomic mass is 35.5. The highest BCUT2D eigenvalue weighted by molar-refractivity contribution is 6.31. The molecule has 1 aromatic rings. The number of hydrogen-bond donors (Lipinski definition) is 1. The summed E-state index contributed by atoms with van der Waals surface area (Å²) < 4.78 is 5.11. The Morgan fingerprint density at radius 1 is 1.18 bits per heavy atom. The SMILES string of the molecule is COCCN1C(=O)NC(Cc2ccccc2Cl)(C2CCN(C(=O)C3CC=CCC3)CC2)C1=O. The fourth-order valence-electron chi connectivity index (χ4n) is 5.38. The largest absolute Gasteiger partial charge is 0.383 e. The quantitative estimate of drug-likeness (QED) is 0.486. The maximum absolute atomic E-state index is 13.7. The number of piperidine rings is 1. The van der Waals surface area contributed by atoms with Crippen molar-refractivity contribution in [1.82, 2.24) is 15.1 Å². The number of methoxy groups -OCH3 is 1. The van der Waals surface area contributed by atoms with Crippen molar-refractivity contribution in [1.29, 1.82) is 0 Å². The van der Waals surface area contributed by atoms with Gasteiger partial charge in [0.2, 0.25) is 5.91 Å². The minimum Gasteiger partial charge on any atom is -0.383 e. The van der Waals surface area contributed by atoms with E-state index in [4.69, 9.17) is 16.3 Å². The second-order valence-electron chi connectivity index (χ2n) is 9.20. The molecule has 0 bridgehead atoms. The lowest BCUT2D eigenvalue weighted by atomic mass is 9.73. The van der Waals surface area contributed by atoms with Gasteiger partial charge in [0.1, 0.15) is 5.54 Å². The predicted molar refractivity (Wildman–Crippen MR) is 126 cm³/mol. The van der Waals surface area contributed by atoms with Gasteiger partial charge in [-0.3, -0.25) is 14.5 Å². The van der Waals surface area contributed by atoms with E-state index in [0.29, 0.717) is 37.4 Å². The molecule has 0 spiro atoms. The fraction of sp³-hybridized carbons (Fsp3) is 0.560. The van der Waals surface area contributed by atoms with Crippen LogP contribution in [0.5, 0.6) is 0 Å². The van der Waals surface area contributed by atoms with Crippen molar-refractivity contribution in [3.05, 3.63) is 47.0 Å². The number of carbonyl (C=O) groups is 3. The summed E-state index contributed by atoms with van der Waals surface area (Å²) in [5.74, 6) is -0.0535. The number of allylic oxidation sites excluding steroid dienone is 2. The zero-order chi connectivity index (χ0) is 23.4. The highest BCUT2D eigenvalue weighted by Gasteiger charge is 2.56. The Balaban J connectivity index is 1.54. The van der Waals surface area contributed by atoms with Crippen LogP contribution in [0, 0.1) is 11.8 Å². The number of imide groups is 1. The molecule has 1 aromatic carbocycles. The minimum atomic E-state index is -1.07. The third-order valence-electron chi connectivity index (χ3n) is 7.27. The first kappa shape index (κ1) is 23.8. The molecule has 8 heteroatoms. The van der Waals surface area contributed by atoms with Gasteiger partial charge in [-0.15, -0.1) is 0 Å². The van der Waals surface area contributed by atoms with Crippen molar-refractivity contribution in [3.8, 4) is 0 Å². The number of rotatable bonds is 7. The molecule has 2 heterocycles. The number of halogens is 1. The number of hydrogen-bond acceptors (Lipinski definition) is 4. The van der Waals surface area contributed by atoms with Crippen LogP contribution in [0.25, 0.3) is 0 Å². The standard InChI is InChI=1S/C25H32ClN3O4/c1-33-16-15-29-23(31)25(27-24(29)32,17-19-9-5-6-10-21(19)26)20-11-13-28(14-12-20)22(30)18-7-3-2-4-8-18/h2-3,5-6,9-10,18,20H,4,7-8,11-17H2,1H3,(H,27,32). The van der Waals surface area contributed by atoms with Crippen molar-refractivity contribution in [2.45, 2.75) is 44.1 Å². The third-order valence-corrected chi connectivity index (χ3v) is 7.64. The Bertz CT molecular complexity index is 928.